The highest BCUT2D eigenvalue weighted by Crippen LogP contribution is 2.17. The molecule has 0 spiro atoms. The third kappa shape index (κ3) is 3.21. The molecule has 2 rings (SSSR count). The Kier molecular flexibility index (Phi) is 3.99. The first-order valence-corrected chi connectivity index (χ1v) is 6.13. The van der Waals surface area contributed by atoms with Crippen LogP contribution in [0.2, 0.25) is 0 Å². The number of esters is 1. The average molecular weight is 263 g/mol. The first kappa shape index (κ1) is 13.3. The van der Waals surface area contributed by atoms with E-state index in [1.54, 1.807) is 21.9 Å². The molecule has 1 amide bonds. The molecule has 1 aromatic rings. The van der Waals surface area contributed by atoms with Crippen molar-refractivity contribution in [1.29, 1.82) is 0 Å². The lowest BCUT2D eigenvalue weighted by Gasteiger charge is -2.13. The molecule has 0 aliphatic carbocycles. The molecule has 1 aliphatic heterocycles. The molecular weight excluding hydrogens is 246 g/mol. The number of likely N-dealkylation sites (tertiary alicyclic amines) is 1. The lowest BCUT2D eigenvalue weighted by Crippen LogP contribution is -2.28. The summed E-state index contributed by atoms with van der Waals surface area (Å²) in [5.41, 5.74) is 0.875. The summed E-state index contributed by atoms with van der Waals surface area (Å²) < 4.78 is 6.36. The van der Waals surface area contributed by atoms with Gasteiger partial charge in [0.05, 0.1) is 19.2 Å². The Bertz CT molecular complexity index is 507. The summed E-state index contributed by atoms with van der Waals surface area (Å²) in [7, 11) is 3.19. The zero-order valence-corrected chi connectivity index (χ0v) is 11.1. The number of rotatable bonds is 3. The third-order valence-corrected chi connectivity index (χ3v) is 3.18. The molecule has 0 aromatic carbocycles. The van der Waals surface area contributed by atoms with Gasteiger partial charge in [-0.3, -0.25) is 14.3 Å². The van der Waals surface area contributed by atoms with Gasteiger partial charge in [0.2, 0.25) is 5.91 Å². The van der Waals surface area contributed by atoms with Gasteiger partial charge < -0.3 is 9.64 Å². The first-order chi connectivity index (χ1) is 9.10. The SMILES string of the molecule is COC(=O)C1CCN(C(=O)C=Cc2cnn(C)c2)C1. The maximum absolute atomic E-state index is 11.9. The minimum absolute atomic E-state index is 0.0877. The molecule has 19 heavy (non-hydrogen) atoms. The van der Waals surface area contributed by atoms with E-state index in [-0.39, 0.29) is 17.8 Å². The molecule has 1 aliphatic rings. The summed E-state index contributed by atoms with van der Waals surface area (Å²) >= 11 is 0. The average Bonchev–Trinajstić information content (AvgIpc) is 3.04. The predicted octanol–water partition coefficient (Wildman–Crippen LogP) is 0.455. The van der Waals surface area contributed by atoms with E-state index < -0.39 is 0 Å². The number of aromatic nitrogens is 2. The van der Waals surface area contributed by atoms with Gasteiger partial charge in [-0.25, -0.2) is 0 Å². The van der Waals surface area contributed by atoms with Crippen molar-refractivity contribution in [3.63, 3.8) is 0 Å². The van der Waals surface area contributed by atoms with Gasteiger partial charge in [-0.2, -0.15) is 5.10 Å². The molecule has 1 atom stereocenters. The van der Waals surface area contributed by atoms with E-state index in [4.69, 9.17) is 0 Å². The molecule has 0 saturated carbocycles. The summed E-state index contributed by atoms with van der Waals surface area (Å²) in [6.07, 6.45) is 7.41. The largest absolute Gasteiger partial charge is 0.469 e. The number of hydrogen-bond donors (Lipinski definition) is 0. The van der Waals surface area contributed by atoms with Gasteiger partial charge >= 0.3 is 5.97 Å². The van der Waals surface area contributed by atoms with E-state index >= 15 is 0 Å². The van der Waals surface area contributed by atoms with Crippen molar-refractivity contribution in [3.8, 4) is 0 Å². The summed E-state index contributed by atoms with van der Waals surface area (Å²) in [6, 6.07) is 0. The van der Waals surface area contributed by atoms with E-state index in [0.29, 0.717) is 19.5 Å². The quantitative estimate of drug-likeness (QED) is 0.587. The van der Waals surface area contributed by atoms with Gasteiger partial charge in [0.1, 0.15) is 0 Å². The van der Waals surface area contributed by atoms with E-state index in [2.05, 4.69) is 9.84 Å². The van der Waals surface area contributed by atoms with Crippen LogP contribution in [-0.4, -0.2) is 46.8 Å². The summed E-state index contributed by atoms with van der Waals surface area (Å²) in [4.78, 5) is 25.0. The molecule has 1 unspecified atom stereocenters. The van der Waals surface area contributed by atoms with E-state index in [0.717, 1.165) is 5.56 Å². The van der Waals surface area contributed by atoms with Gasteiger partial charge in [0.15, 0.2) is 0 Å². The Morgan fingerprint density at radius 2 is 2.32 bits per heavy atom. The normalized spacial score (nSPS) is 19.1. The van der Waals surface area contributed by atoms with Crippen molar-refractivity contribution in [3.05, 3.63) is 24.0 Å². The van der Waals surface area contributed by atoms with Crippen LogP contribution in [0.3, 0.4) is 0 Å². The Morgan fingerprint density at radius 3 is 2.95 bits per heavy atom. The Morgan fingerprint density at radius 1 is 1.53 bits per heavy atom. The van der Waals surface area contributed by atoms with Crippen molar-refractivity contribution in [2.24, 2.45) is 13.0 Å². The van der Waals surface area contributed by atoms with Gasteiger partial charge in [-0.05, 0) is 12.5 Å². The molecular formula is C13H17N3O3. The fourth-order valence-corrected chi connectivity index (χ4v) is 2.12. The predicted molar refractivity (Wildman–Crippen MR) is 68.9 cm³/mol. The maximum atomic E-state index is 11.9. The fraction of sp³-hybridized carbons (Fsp3) is 0.462. The first-order valence-electron chi connectivity index (χ1n) is 6.13. The van der Waals surface area contributed by atoms with Crippen LogP contribution in [0.15, 0.2) is 18.5 Å². The highest BCUT2D eigenvalue weighted by Gasteiger charge is 2.30. The molecule has 6 heteroatoms. The van der Waals surface area contributed by atoms with Crippen LogP contribution >= 0.6 is 0 Å². The van der Waals surface area contributed by atoms with Crippen LogP contribution in [0.4, 0.5) is 0 Å². The molecule has 6 nitrogen and oxygen atoms in total. The summed E-state index contributed by atoms with van der Waals surface area (Å²) in [5, 5.41) is 4.02. The Labute approximate surface area is 111 Å². The van der Waals surface area contributed by atoms with Crippen LogP contribution in [0, 0.1) is 5.92 Å². The zero-order valence-electron chi connectivity index (χ0n) is 11.1. The molecule has 1 fully saturated rings. The topological polar surface area (TPSA) is 64.4 Å². The van der Waals surface area contributed by atoms with Crippen molar-refractivity contribution >= 4 is 18.0 Å². The smallest absolute Gasteiger partial charge is 0.310 e. The number of amides is 1. The molecule has 0 N–H and O–H groups in total. The minimum atomic E-state index is -0.244. The lowest BCUT2D eigenvalue weighted by molar-refractivity contribution is -0.145. The number of nitrogens with zero attached hydrogens (tertiary/aromatic N) is 3. The molecule has 102 valence electrons. The van der Waals surface area contributed by atoms with Crippen molar-refractivity contribution < 1.29 is 14.3 Å². The van der Waals surface area contributed by atoms with Crippen molar-refractivity contribution in [1.82, 2.24) is 14.7 Å². The van der Waals surface area contributed by atoms with Crippen LogP contribution in [-0.2, 0) is 21.4 Å². The third-order valence-electron chi connectivity index (χ3n) is 3.18. The number of ether oxygens (including phenoxy) is 1. The Hall–Kier alpha value is -2.11. The fourth-order valence-electron chi connectivity index (χ4n) is 2.12. The number of carbonyl (C=O) groups excluding carboxylic acids is 2. The van der Waals surface area contributed by atoms with Crippen molar-refractivity contribution in [2.45, 2.75) is 6.42 Å². The second-order valence-electron chi connectivity index (χ2n) is 4.57. The standard InChI is InChI=1S/C13H17N3O3/c1-15-8-10(7-14-15)3-4-12(17)16-6-5-11(9-16)13(18)19-2/h3-4,7-8,11H,5-6,9H2,1-2H3. The van der Waals surface area contributed by atoms with E-state index in [1.807, 2.05) is 13.2 Å². The van der Waals surface area contributed by atoms with Gasteiger partial charge in [0.25, 0.3) is 0 Å². The minimum Gasteiger partial charge on any atom is -0.469 e. The molecule has 0 radical (unpaired) electrons. The second-order valence-corrected chi connectivity index (χ2v) is 4.57. The zero-order chi connectivity index (χ0) is 13.8. The van der Waals surface area contributed by atoms with Crippen LogP contribution in [0.25, 0.3) is 6.08 Å². The summed E-state index contributed by atoms with van der Waals surface area (Å²) in [5.74, 6) is -0.525. The van der Waals surface area contributed by atoms with Gasteiger partial charge in [0, 0.05) is 38.0 Å². The lowest BCUT2D eigenvalue weighted by atomic mass is 10.1. The molecule has 1 saturated heterocycles. The van der Waals surface area contributed by atoms with Crippen molar-refractivity contribution in [2.75, 3.05) is 20.2 Å². The number of methoxy groups -OCH3 is 1. The number of aryl methyl sites for hydroxylation is 1. The maximum Gasteiger partial charge on any atom is 0.310 e. The summed E-state index contributed by atoms with van der Waals surface area (Å²) in [6.45, 7) is 1.03. The monoisotopic (exact) mass is 263 g/mol. The molecule has 0 bridgehead atoms. The van der Waals surface area contributed by atoms with Crippen LogP contribution in [0.5, 0.6) is 0 Å². The highest BCUT2D eigenvalue weighted by atomic mass is 16.5. The van der Waals surface area contributed by atoms with Gasteiger partial charge in [-0.1, -0.05) is 0 Å². The highest BCUT2D eigenvalue weighted by molar-refractivity contribution is 5.92. The van der Waals surface area contributed by atoms with Crippen LogP contribution < -0.4 is 0 Å². The molecule has 1 aromatic heterocycles. The molecule has 2 heterocycles. The van der Waals surface area contributed by atoms with E-state index in [9.17, 15) is 9.59 Å². The Balaban J connectivity index is 1.91. The second kappa shape index (κ2) is 5.69. The van der Waals surface area contributed by atoms with Crippen LogP contribution in [0.1, 0.15) is 12.0 Å². The number of hydrogen-bond acceptors (Lipinski definition) is 4. The van der Waals surface area contributed by atoms with Gasteiger partial charge in [-0.15, -0.1) is 0 Å². The number of carbonyl (C=O) groups is 2. The van der Waals surface area contributed by atoms with E-state index in [1.165, 1.54) is 13.2 Å².